The molecule has 6 heteroatoms. The number of halogens is 2. The Kier molecular flexibility index (Phi) is 9.98. The smallest absolute Gasteiger partial charge is 0.242 e. The van der Waals surface area contributed by atoms with Gasteiger partial charge in [0.1, 0.15) is 5.75 Å². The molecule has 1 aliphatic heterocycles. The molecule has 1 atom stereocenters. The number of hydrogen-bond donors (Lipinski definition) is 1. The van der Waals surface area contributed by atoms with Gasteiger partial charge in [0.2, 0.25) is 8.32 Å². The lowest BCUT2D eigenvalue weighted by molar-refractivity contribution is 0.103. The minimum atomic E-state index is -1.53. The van der Waals surface area contributed by atoms with E-state index < -0.39 is 8.32 Å². The Morgan fingerprint density at radius 1 is 0.962 bits per heavy atom. The first-order valence-corrected chi connectivity index (χ1v) is 13.2. The van der Waals surface area contributed by atoms with Gasteiger partial charge in [-0.1, -0.05) is 31.4 Å². The van der Waals surface area contributed by atoms with Gasteiger partial charge in [-0.05, 0) is 56.1 Å². The molecule has 0 bridgehead atoms. The SMILES string of the molecule is C[Si](C)(C)Oc1ccc([C@@H](C2CCCCC2)N2CCNCC2)cc1.Cl.Cl. The van der Waals surface area contributed by atoms with Gasteiger partial charge in [0.05, 0.1) is 0 Å². The number of piperazine rings is 1. The molecule has 1 aromatic rings. The third kappa shape index (κ3) is 6.72. The van der Waals surface area contributed by atoms with E-state index >= 15 is 0 Å². The van der Waals surface area contributed by atoms with Crippen molar-refractivity contribution in [3.63, 3.8) is 0 Å². The van der Waals surface area contributed by atoms with Crippen LogP contribution in [0.3, 0.4) is 0 Å². The lowest BCUT2D eigenvalue weighted by Gasteiger charge is -2.41. The summed E-state index contributed by atoms with van der Waals surface area (Å²) in [6, 6.07) is 9.65. The molecule has 150 valence electrons. The van der Waals surface area contributed by atoms with E-state index in [1.54, 1.807) is 0 Å². The molecular formula is C20H36Cl2N2OSi. The average Bonchev–Trinajstić information content (AvgIpc) is 2.57. The zero-order chi connectivity index (χ0) is 17.0. The van der Waals surface area contributed by atoms with Crippen LogP contribution in [-0.2, 0) is 0 Å². The Morgan fingerprint density at radius 3 is 2.08 bits per heavy atom. The molecule has 0 amide bonds. The highest BCUT2D eigenvalue weighted by Crippen LogP contribution is 2.39. The lowest BCUT2D eigenvalue weighted by Crippen LogP contribution is -2.47. The van der Waals surface area contributed by atoms with Crippen molar-refractivity contribution in [2.75, 3.05) is 26.2 Å². The van der Waals surface area contributed by atoms with Crippen LogP contribution in [0.5, 0.6) is 5.75 Å². The van der Waals surface area contributed by atoms with E-state index in [4.69, 9.17) is 4.43 Å². The third-order valence-electron chi connectivity index (χ3n) is 5.29. The van der Waals surface area contributed by atoms with Crippen LogP contribution in [0, 0.1) is 5.92 Å². The van der Waals surface area contributed by atoms with Crippen LogP contribution >= 0.6 is 24.8 Å². The Balaban J connectivity index is 0.00000169. The molecule has 1 aliphatic carbocycles. The quantitative estimate of drug-likeness (QED) is 0.658. The van der Waals surface area contributed by atoms with Crippen molar-refractivity contribution in [1.29, 1.82) is 0 Å². The maximum atomic E-state index is 6.14. The molecule has 1 aromatic carbocycles. The van der Waals surface area contributed by atoms with Crippen molar-refractivity contribution >= 4 is 33.1 Å². The van der Waals surface area contributed by atoms with Crippen molar-refractivity contribution in [2.45, 2.75) is 57.8 Å². The molecule has 26 heavy (non-hydrogen) atoms. The molecule has 0 radical (unpaired) electrons. The van der Waals surface area contributed by atoms with Crippen molar-refractivity contribution in [1.82, 2.24) is 10.2 Å². The van der Waals surface area contributed by atoms with E-state index in [9.17, 15) is 0 Å². The second kappa shape index (κ2) is 10.9. The van der Waals surface area contributed by atoms with E-state index in [0.29, 0.717) is 6.04 Å². The van der Waals surface area contributed by atoms with Gasteiger partial charge in [0, 0.05) is 32.2 Å². The number of hydrogen-bond acceptors (Lipinski definition) is 3. The second-order valence-electron chi connectivity index (χ2n) is 8.41. The molecule has 1 saturated heterocycles. The van der Waals surface area contributed by atoms with E-state index in [-0.39, 0.29) is 24.8 Å². The van der Waals surface area contributed by atoms with Crippen LogP contribution in [0.15, 0.2) is 24.3 Å². The lowest BCUT2D eigenvalue weighted by atomic mass is 9.80. The Morgan fingerprint density at radius 2 is 1.54 bits per heavy atom. The first kappa shape index (κ1) is 23.8. The molecule has 0 spiro atoms. The van der Waals surface area contributed by atoms with Crippen molar-refractivity contribution in [2.24, 2.45) is 5.92 Å². The number of rotatable bonds is 5. The molecule has 1 N–H and O–H groups in total. The summed E-state index contributed by atoms with van der Waals surface area (Å²) in [5.41, 5.74) is 1.49. The topological polar surface area (TPSA) is 24.5 Å². The summed E-state index contributed by atoms with van der Waals surface area (Å²) >= 11 is 0. The second-order valence-corrected chi connectivity index (χ2v) is 12.8. The van der Waals surface area contributed by atoms with Crippen molar-refractivity contribution < 1.29 is 4.43 Å². The normalized spacial score (nSPS) is 20.6. The van der Waals surface area contributed by atoms with Crippen LogP contribution < -0.4 is 9.74 Å². The van der Waals surface area contributed by atoms with Crippen molar-refractivity contribution in [3.05, 3.63) is 29.8 Å². The van der Waals surface area contributed by atoms with E-state index in [0.717, 1.165) is 24.8 Å². The highest BCUT2D eigenvalue weighted by molar-refractivity contribution is 6.70. The average molecular weight is 420 g/mol. The highest BCUT2D eigenvalue weighted by Gasteiger charge is 2.31. The third-order valence-corrected chi connectivity index (χ3v) is 6.14. The molecule has 3 nitrogen and oxygen atoms in total. The maximum absolute atomic E-state index is 6.14. The molecule has 2 fully saturated rings. The summed E-state index contributed by atoms with van der Waals surface area (Å²) in [6.07, 6.45) is 7.02. The highest BCUT2D eigenvalue weighted by atomic mass is 35.5. The summed E-state index contributed by atoms with van der Waals surface area (Å²) in [4.78, 5) is 2.72. The predicted molar refractivity (Wildman–Crippen MR) is 119 cm³/mol. The fraction of sp³-hybridized carbons (Fsp3) is 0.700. The first-order valence-electron chi connectivity index (χ1n) is 9.77. The standard InChI is InChI=1S/C20H34N2OSi.2ClH/c1-24(2,3)23-19-11-9-18(10-12-19)20(17-7-5-4-6-8-17)22-15-13-21-14-16-22;;/h9-12,17,20-21H,4-8,13-16H2,1-3H3;2*1H/t20-;;/m1../s1. The summed E-state index contributed by atoms with van der Waals surface area (Å²) in [5, 5.41) is 3.50. The first-order chi connectivity index (χ1) is 11.5. The molecule has 0 aromatic heterocycles. The molecule has 1 heterocycles. The molecule has 0 unspecified atom stereocenters. The summed E-state index contributed by atoms with van der Waals surface area (Å²) in [7, 11) is -1.53. The van der Waals surface area contributed by atoms with Gasteiger partial charge >= 0.3 is 0 Å². The summed E-state index contributed by atoms with van der Waals surface area (Å²) in [6.45, 7) is 11.3. The minimum absolute atomic E-state index is 0. The fourth-order valence-corrected chi connectivity index (χ4v) is 5.12. The van der Waals surface area contributed by atoms with Crippen LogP contribution in [-0.4, -0.2) is 39.4 Å². The van der Waals surface area contributed by atoms with Gasteiger partial charge < -0.3 is 9.74 Å². The zero-order valence-corrected chi connectivity index (χ0v) is 19.1. The van der Waals surface area contributed by atoms with E-state index in [1.807, 2.05) is 0 Å². The van der Waals surface area contributed by atoms with Crippen LogP contribution in [0.25, 0.3) is 0 Å². The Bertz CT molecular complexity index is 492. The van der Waals surface area contributed by atoms with Crippen LogP contribution in [0.1, 0.15) is 43.7 Å². The monoisotopic (exact) mass is 418 g/mol. The van der Waals surface area contributed by atoms with E-state index in [1.165, 1.54) is 50.8 Å². The molecule has 3 rings (SSSR count). The predicted octanol–water partition coefficient (Wildman–Crippen LogP) is 5.27. The molecule has 1 saturated carbocycles. The largest absolute Gasteiger partial charge is 0.544 e. The Labute approximate surface area is 173 Å². The van der Waals surface area contributed by atoms with Crippen LogP contribution in [0.4, 0.5) is 0 Å². The number of nitrogens with zero attached hydrogens (tertiary/aromatic N) is 1. The minimum Gasteiger partial charge on any atom is -0.544 e. The number of nitrogens with one attached hydrogen (secondary N) is 1. The molecular weight excluding hydrogens is 383 g/mol. The van der Waals surface area contributed by atoms with Gasteiger partial charge in [0.25, 0.3) is 0 Å². The fourth-order valence-electron chi connectivity index (χ4n) is 4.28. The van der Waals surface area contributed by atoms with Crippen LogP contribution in [0.2, 0.25) is 19.6 Å². The molecule has 2 aliphatic rings. The van der Waals surface area contributed by atoms with Gasteiger partial charge in [-0.2, -0.15) is 0 Å². The van der Waals surface area contributed by atoms with Gasteiger partial charge in [-0.15, -0.1) is 24.8 Å². The van der Waals surface area contributed by atoms with Crippen molar-refractivity contribution in [3.8, 4) is 5.75 Å². The summed E-state index contributed by atoms with van der Waals surface area (Å²) in [5.74, 6) is 1.86. The Hall–Kier alpha value is -0.263. The van der Waals surface area contributed by atoms with Gasteiger partial charge in [-0.3, -0.25) is 4.90 Å². The van der Waals surface area contributed by atoms with E-state index in [2.05, 4.69) is 54.1 Å². The van der Waals surface area contributed by atoms with Gasteiger partial charge in [0.15, 0.2) is 0 Å². The van der Waals surface area contributed by atoms with Gasteiger partial charge in [-0.25, -0.2) is 0 Å². The number of benzene rings is 1. The summed E-state index contributed by atoms with van der Waals surface area (Å²) < 4.78 is 6.14. The maximum Gasteiger partial charge on any atom is 0.242 e. The zero-order valence-electron chi connectivity index (χ0n) is 16.5.